The molecule has 0 aromatic heterocycles. The first-order valence-electron chi connectivity index (χ1n) is 7.61. The lowest BCUT2D eigenvalue weighted by Crippen LogP contribution is -2.44. The average Bonchev–Trinajstić information content (AvgIpc) is 3.04. The van der Waals surface area contributed by atoms with E-state index in [0.29, 0.717) is 24.8 Å². The van der Waals surface area contributed by atoms with E-state index in [-0.39, 0.29) is 18.7 Å². The Balaban J connectivity index is 1.76. The maximum absolute atomic E-state index is 13.3. The van der Waals surface area contributed by atoms with Crippen LogP contribution in [0.4, 0.5) is 5.69 Å². The van der Waals surface area contributed by atoms with Crippen LogP contribution in [0.2, 0.25) is 0 Å². The molecule has 0 saturated heterocycles. The van der Waals surface area contributed by atoms with Crippen molar-refractivity contribution in [3.8, 4) is 5.75 Å². The van der Waals surface area contributed by atoms with E-state index >= 15 is 0 Å². The van der Waals surface area contributed by atoms with Gasteiger partial charge in [-0.1, -0.05) is 12.1 Å². The number of nitrogens with one attached hydrogen (secondary N) is 1. The van der Waals surface area contributed by atoms with Crippen molar-refractivity contribution in [3.05, 3.63) is 35.4 Å². The Morgan fingerprint density at radius 2 is 2.27 bits per heavy atom. The normalized spacial score (nSPS) is 31.2. The van der Waals surface area contributed by atoms with Crippen molar-refractivity contribution in [1.82, 2.24) is 5.32 Å². The van der Waals surface area contributed by atoms with Gasteiger partial charge in [-0.3, -0.25) is 4.79 Å². The van der Waals surface area contributed by atoms with Crippen molar-refractivity contribution in [2.24, 2.45) is 0 Å². The van der Waals surface area contributed by atoms with Crippen molar-refractivity contribution in [2.45, 2.75) is 25.0 Å². The molecule has 22 heavy (non-hydrogen) atoms. The molecule has 4 aliphatic heterocycles. The number of hydrogen-bond donors (Lipinski definition) is 1. The molecule has 4 heterocycles. The molecular weight excluding hydrogens is 284 g/mol. The van der Waals surface area contributed by atoms with Gasteiger partial charge in [0.1, 0.15) is 12.4 Å². The summed E-state index contributed by atoms with van der Waals surface area (Å²) in [7, 11) is 0. The van der Waals surface area contributed by atoms with Gasteiger partial charge < -0.3 is 24.4 Å². The molecule has 1 aromatic rings. The van der Waals surface area contributed by atoms with Crippen LogP contribution in [0, 0.1) is 0 Å². The monoisotopic (exact) mass is 300 g/mol. The van der Waals surface area contributed by atoms with Gasteiger partial charge in [-0.2, -0.15) is 0 Å². The van der Waals surface area contributed by atoms with Crippen molar-refractivity contribution in [2.75, 3.05) is 24.7 Å². The van der Waals surface area contributed by atoms with E-state index in [2.05, 4.69) is 5.32 Å². The van der Waals surface area contributed by atoms with Gasteiger partial charge in [0.25, 0.3) is 0 Å². The summed E-state index contributed by atoms with van der Waals surface area (Å²) in [4.78, 5) is 15.1. The second-order valence-electron chi connectivity index (χ2n) is 6.07. The quantitative estimate of drug-likeness (QED) is 0.780. The smallest absolute Gasteiger partial charge is 0.249 e. The van der Waals surface area contributed by atoms with Crippen LogP contribution in [0.1, 0.15) is 18.9 Å². The molecular formula is C16H16N2O4. The molecule has 2 unspecified atom stereocenters. The molecule has 1 N–H and O–H groups in total. The number of anilines is 1. The molecule has 0 bridgehead atoms. The molecule has 2 atom stereocenters. The van der Waals surface area contributed by atoms with E-state index in [4.69, 9.17) is 14.2 Å². The first-order valence-corrected chi connectivity index (χ1v) is 7.61. The maximum Gasteiger partial charge on any atom is 0.249 e. The zero-order valence-corrected chi connectivity index (χ0v) is 12.2. The highest BCUT2D eigenvalue weighted by molar-refractivity contribution is 6.12. The molecule has 4 aliphatic rings. The van der Waals surface area contributed by atoms with Crippen molar-refractivity contribution in [3.63, 3.8) is 0 Å². The third kappa shape index (κ3) is 1.24. The summed E-state index contributed by atoms with van der Waals surface area (Å²) >= 11 is 0. The second-order valence-corrected chi connectivity index (χ2v) is 6.07. The number of ether oxygens (including phenoxy) is 3. The summed E-state index contributed by atoms with van der Waals surface area (Å²) in [6, 6.07) is 5.84. The van der Waals surface area contributed by atoms with Gasteiger partial charge >= 0.3 is 0 Å². The first kappa shape index (κ1) is 12.2. The Bertz CT molecular complexity index is 729. The summed E-state index contributed by atoms with van der Waals surface area (Å²) in [5.74, 6) is 2.01. The number of hydrogen-bond acceptors (Lipinski definition) is 5. The van der Waals surface area contributed by atoms with E-state index in [1.807, 2.05) is 30.0 Å². The number of nitrogens with zero attached hydrogens (tertiary/aromatic N) is 1. The second kappa shape index (κ2) is 3.88. The molecule has 5 rings (SSSR count). The van der Waals surface area contributed by atoms with E-state index in [0.717, 1.165) is 23.4 Å². The highest BCUT2D eigenvalue weighted by atomic mass is 16.6. The van der Waals surface area contributed by atoms with Gasteiger partial charge in [-0.05, 0) is 19.4 Å². The molecule has 6 heteroatoms. The maximum atomic E-state index is 13.3. The van der Waals surface area contributed by atoms with Crippen LogP contribution in [0.15, 0.2) is 29.8 Å². The number of rotatable bonds is 0. The van der Waals surface area contributed by atoms with Crippen LogP contribution in [0.5, 0.6) is 5.75 Å². The van der Waals surface area contributed by atoms with Crippen molar-refractivity contribution in [1.29, 1.82) is 0 Å². The van der Waals surface area contributed by atoms with Crippen LogP contribution >= 0.6 is 0 Å². The van der Waals surface area contributed by atoms with Gasteiger partial charge in [0.15, 0.2) is 17.4 Å². The molecule has 0 saturated carbocycles. The predicted molar refractivity (Wildman–Crippen MR) is 77.2 cm³/mol. The molecule has 1 amide bonds. The third-order valence-electron chi connectivity index (χ3n) is 4.78. The van der Waals surface area contributed by atoms with Gasteiger partial charge in [0.2, 0.25) is 11.8 Å². The molecule has 0 radical (unpaired) electrons. The Hall–Kier alpha value is -2.37. The minimum atomic E-state index is -0.862. The summed E-state index contributed by atoms with van der Waals surface area (Å²) in [5.41, 5.74) is 0.947. The van der Waals surface area contributed by atoms with E-state index in [1.165, 1.54) is 0 Å². The van der Waals surface area contributed by atoms with Gasteiger partial charge in [0.05, 0.1) is 12.3 Å². The minimum Gasteiger partial charge on any atom is -0.491 e. The van der Waals surface area contributed by atoms with Gasteiger partial charge in [-0.25, -0.2) is 0 Å². The molecule has 114 valence electrons. The molecule has 1 spiro atoms. The summed E-state index contributed by atoms with van der Waals surface area (Å²) in [6.07, 6.45) is 0.637. The standard InChI is InChI=1S/C16H16N2O4/c1-9-17-14-13(22-9)16(8-21-14)10-4-2-5-11-12(10)18(15(16)19)6-3-7-20-11/h2,4-5,9,17H,3,6-8H2,1H3. The number of fused-ring (bicyclic) bond motifs is 2. The van der Waals surface area contributed by atoms with Gasteiger partial charge in [-0.15, -0.1) is 0 Å². The topological polar surface area (TPSA) is 60.0 Å². The van der Waals surface area contributed by atoms with Crippen LogP contribution in [0.3, 0.4) is 0 Å². The van der Waals surface area contributed by atoms with E-state index < -0.39 is 5.41 Å². The van der Waals surface area contributed by atoms with E-state index in [1.54, 1.807) is 0 Å². The summed E-state index contributed by atoms with van der Waals surface area (Å²) in [6.45, 7) is 3.47. The SMILES string of the molecule is CC1NC2=C(O1)C1(CO2)C(=O)N2CCCOc3cccc1c32. The van der Waals surface area contributed by atoms with Crippen LogP contribution in [-0.2, 0) is 19.7 Å². The number of amides is 1. The summed E-state index contributed by atoms with van der Waals surface area (Å²) < 4.78 is 17.5. The zero-order valence-electron chi connectivity index (χ0n) is 12.2. The molecule has 6 nitrogen and oxygen atoms in total. The highest BCUT2D eigenvalue weighted by Gasteiger charge is 2.62. The van der Waals surface area contributed by atoms with Crippen LogP contribution < -0.4 is 15.0 Å². The molecule has 0 fully saturated rings. The Morgan fingerprint density at radius 1 is 1.36 bits per heavy atom. The molecule has 1 aromatic carbocycles. The van der Waals surface area contributed by atoms with Gasteiger partial charge in [0, 0.05) is 12.1 Å². The van der Waals surface area contributed by atoms with Crippen molar-refractivity contribution >= 4 is 11.6 Å². The van der Waals surface area contributed by atoms with E-state index in [9.17, 15) is 4.79 Å². The fraction of sp³-hybridized carbons (Fsp3) is 0.438. The highest BCUT2D eigenvalue weighted by Crippen LogP contribution is 2.55. The number of carbonyl (C=O) groups excluding carboxylic acids is 1. The largest absolute Gasteiger partial charge is 0.491 e. The first-order chi connectivity index (χ1) is 10.7. The Morgan fingerprint density at radius 3 is 3.18 bits per heavy atom. The predicted octanol–water partition coefficient (Wildman–Crippen LogP) is 1.22. The third-order valence-corrected chi connectivity index (χ3v) is 4.78. The van der Waals surface area contributed by atoms with Crippen LogP contribution in [0.25, 0.3) is 0 Å². The Labute approximate surface area is 127 Å². The van der Waals surface area contributed by atoms with Crippen molar-refractivity contribution < 1.29 is 19.0 Å². The lowest BCUT2D eigenvalue weighted by atomic mass is 9.81. The zero-order chi connectivity index (χ0) is 14.9. The minimum absolute atomic E-state index is 0.0290. The fourth-order valence-electron chi connectivity index (χ4n) is 3.84. The molecule has 0 aliphatic carbocycles. The lowest BCUT2D eigenvalue weighted by Gasteiger charge is -2.25. The Kier molecular flexibility index (Phi) is 2.15. The van der Waals surface area contributed by atoms with Crippen LogP contribution in [-0.4, -0.2) is 31.9 Å². The average molecular weight is 300 g/mol. The number of benzene rings is 1. The number of para-hydroxylation sites is 1. The fourth-order valence-corrected chi connectivity index (χ4v) is 3.84. The summed E-state index contributed by atoms with van der Waals surface area (Å²) in [5, 5.41) is 3.13. The number of carbonyl (C=O) groups is 1. The lowest BCUT2D eigenvalue weighted by molar-refractivity contribution is -0.124.